The van der Waals surface area contributed by atoms with Crippen molar-refractivity contribution < 1.29 is 4.79 Å². The van der Waals surface area contributed by atoms with Gasteiger partial charge in [-0.15, -0.1) is 23.1 Å². The molecule has 1 aromatic carbocycles. The maximum absolute atomic E-state index is 12.5. The molecule has 0 saturated heterocycles. The summed E-state index contributed by atoms with van der Waals surface area (Å²) in [4.78, 5) is 17.1. The highest BCUT2D eigenvalue weighted by molar-refractivity contribution is 8.00. The van der Waals surface area contributed by atoms with E-state index in [1.165, 1.54) is 10.4 Å². The smallest absolute Gasteiger partial charge is 0.236 e. The summed E-state index contributed by atoms with van der Waals surface area (Å²) in [6, 6.07) is 12.3. The van der Waals surface area contributed by atoms with Crippen molar-refractivity contribution in [3.05, 3.63) is 52.2 Å². The van der Waals surface area contributed by atoms with E-state index in [0.717, 1.165) is 24.4 Å². The number of fused-ring (bicyclic) bond motifs is 1. The molecule has 1 amide bonds. The molecule has 0 aliphatic carbocycles. The van der Waals surface area contributed by atoms with Gasteiger partial charge in [0.15, 0.2) is 0 Å². The lowest BCUT2D eigenvalue weighted by Gasteiger charge is -2.29. The number of hydrogen-bond donors (Lipinski definition) is 0. The molecule has 0 N–H and O–H groups in total. The summed E-state index contributed by atoms with van der Waals surface area (Å²) < 4.78 is 0. The zero-order valence-corrected chi connectivity index (χ0v) is 13.0. The third-order valence-electron chi connectivity index (χ3n) is 3.52. The Kier molecular flexibility index (Phi) is 4.13. The monoisotopic (exact) mass is 303 g/mol. The Hall–Kier alpha value is -1.26. The summed E-state index contributed by atoms with van der Waals surface area (Å²) in [5.41, 5.74) is 1.33. The standard InChI is InChI=1S/C16H17NOS2/c1-12(20-14-5-3-2-4-6-14)16(18)17-9-7-15-13(11-17)8-10-19-15/h2-6,8,10,12H,7,9,11H2,1H3. The van der Waals surface area contributed by atoms with E-state index in [2.05, 4.69) is 23.6 Å². The van der Waals surface area contributed by atoms with Crippen molar-refractivity contribution in [2.45, 2.75) is 30.0 Å². The van der Waals surface area contributed by atoms with Crippen molar-refractivity contribution in [1.82, 2.24) is 4.90 Å². The Morgan fingerprint density at radius 1 is 1.30 bits per heavy atom. The fourth-order valence-electron chi connectivity index (χ4n) is 2.45. The van der Waals surface area contributed by atoms with E-state index in [0.29, 0.717) is 0 Å². The number of carbonyl (C=O) groups is 1. The largest absolute Gasteiger partial charge is 0.337 e. The van der Waals surface area contributed by atoms with E-state index in [1.54, 1.807) is 23.1 Å². The van der Waals surface area contributed by atoms with E-state index in [1.807, 2.05) is 30.0 Å². The van der Waals surface area contributed by atoms with Gasteiger partial charge in [-0.1, -0.05) is 18.2 Å². The Balaban J connectivity index is 1.64. The molecule has 0 bridgehead atoms. The molecule has 4 heteroatoms. The van der Waals surface area contributed by atoms with Crippen LogP contribution in [0.1, 0.15) is 17.4 Å². The van der Waals surface area contributed by atoms with Gasteiger partial charge in [0.05, 0.1) is 5.25 Å². The third-order valence-corrected chi connectivity index (χ3v) is 5.65. The molecule has 2 heterocycles. The summed E-state index contributed by atoms with van der Waals surface area (Å²) in [5, 5.41) is 2.10. The van der Waals surface area contributed by atoms with Crippen LogP contribution in [0.25, 0.3) is 0 Å². The number of carbonyl (C=O) groups excluding carboxylic acids is 1. The van der Waals surface area contributed by atoms with Gasteiger partial charge in [0.2, 0.25) is 5.91 Å². The lowest BCUT2D eigenvalue weighted by molar-refractivity contribution is -0.131. The number of thioether (sulfide) groups is 1. The predicted molar refractivity (Wildman–Crippen MR) is 85.2 cm³/mol. The number of amides is 1. The molecule has 0 fully saturated rings. The Labute approximate surface area is 127 Å². The van der Waals surface area contributed by atoms with Crippen LogP contribution < -0.4 is 0 Å². The molecular formula is C16H17NOS2. The zero-order chi connectivity index (χ0) is 13.9. The van der Waals surface area contributed by atoms with E-state index in [-0.39, 0.29) is 11.2 Å². The van der Waals surface area contributed by atoms with Crippen molar-refractivity contribution in [2.75, 3.05) is 6.54 Å². The molecule has 1 aliphatic heterocycles. The molecule has 0 saturated carbocycles. The average molecular weight is 303 g/mol. The Bertz CT molecular complexity index is 594. The maximum Gasteiger partial charge on any atom is 0.236 e. The maximum atomic E-state index is 12.5. The molecule has 1 atom stereocenters. The molecule has 0 spiro atoms. The first-order valence-corrected chi connectivity index (χ1v) is 8.55. The highest BCUT2D eigenvalue weighted by Crippen LogP contribution is 2.28. The van der Waals surface area contributed by atoms with Gasteiger partial charge < -0.3 is 4.90 Å². The van der Waals surface area contributed by atoms with Crippen LogP contribution in [0.5, 0.6) is 0 Å². The molecule has 104 valence electrons. The molecule has 20 heavy (non-hydrogen) atoms. The minimum atomic E-state index is -0.0300. The lowest BCUT2D eigenvalue weighted by Crippen LogP contribution is -2.39. The number of hydrogen-bond acceptors (Lipinski definition) is 3. The van der Waals surface area contributed by atoms with Crippen molar-refractivity contribution in [1.29, 1.82) is 0 Å². The van der Waals surface area contributed by atoms with Crippen LogP contribution >= 0.6 is 23.1 Å². The van der Waals surface area contributed by atoms with Gasteiger partial charge in [0.1, 0.15) is 0 Å². The fourth-order valence-corrected chi connectivity index (χ4v) is 4.31. The van der Waals surface area contributed by atoms with Crippen LogP contribution in [0.3, 0.4) is 0 Å². The second-order valence-electron chi connectivity index (χ2n) is 4.95. The molecule has 1 unspecified atom stereocenters. The van der Waals surface area contributed by atoms with Crippen molar-refractivity contribution in [2.24, 2.45) is 0 Å². The van der Waals surface area contributed by atoms with Gasteiger partial charge in [-0.25, -0.2) is 0 Å². The average Bonchev–Trinajstić information content (AvgIpc) is 2.94. The first kappa shape index (κ1) is 13.7. The summed E-state index contributed by atoms with van der Waals surface area (Å²) in [6.07, 6.45) is 1.00. The van der Waals surface area contributed by atoms with Crippen molar-refractivity contribution in [3.8, 4) is 0 Å². The second kappa shape index (κ2) is 6.02. The van der Waals surface area contributed by atoms with Crippen LogP contribution in [0.4, 0.5) is 0 Å². The van der Waals surface area contributed by atoms with Gasteiger partial charge in [0.25, 0.3) is 0 Å². The molecule has 1 aromatic heterocycles. The Morgan fingerprint density at radius 2 is 2.10 bits per heavy atom. The van der Waals surface area contributed by atoms with Gasteiger partial charge in [0, 0.05) is 22.9 Å². The van der Waals surface area contributed by atoms with E-state index in [9.17, 15) is 4.79 Å². The number of nitrogens with zero attached hydrogens (tertiary/aromatic N) is 1. The van der Waals surface area contributed by atoms with Gasteiger partial charge in [-0.05, 0) is 42.5 Å². The lowest BCUT2D eigenvalue weighted by atomic mass is 10.1. The fraction of sp³-hybridized carbons (Fsp3) is 0.312. The van der Waals surface area contributed by atoms with E-state index < -0.39 is 0 Å². The van der Waals surface area contributed by atoms with Crippen LogP contribution in [0, 0.1) is 0 Å². The normalized spacial score (nSPS) is 15.8. The Morgan fingerprint density at radius 3 is 2.90 bits per heavy atom. The van der Waals surface area contributed by atoms with Crippen molar-refractivity contribution in [3.63, 3.8) is 0 Å². The summed E-state index contributed by atoms with van der Waals surface area (Å²) in [6.45, 7) is 3.63. The summed E-state index contributed by atoms with van der Waals surface area (Å²) in [5.74, 6) is 0.246. The highest BCUT2D eigenvalue weighted by atomic mass is 32.2. The van der Waals surface area contributed by atoms with Crippen LogP contribution in [0.15, 0.2) is 46.7 Å². The first-order valence-electron chi connectivity index (χ1n) is 6.80. The predicted octanol–water partition coefficient (Wildman–Crippen LogP) is 3.81. The first-order chi connectivity index (χ1) is 9.74. The van der Waals surface area contributed by atoms with Gasteiger partial charge in [-0.3, -0.25) is 4.79 Å². The number of rotatable bonds is 3. The second-order valence-corrected chi connectivity index (χ2v) is 7.37. The van der Waals surface area contributed by atoms with Gasteiger partial charge in [-0.2, -0.15) is 0 Å². The molecule has 1 aliphatic rings. The SMILES string of the molecule is CC(Sc1ccccc1)C(=O)N1CCc2sccc2C1. The minimum Gasteiger partial charge on any atom is -0.337 e. The quantitative estimate of drug-likeness (QED) is 0.804. The number of thiophene rings is 1. The molecular weight excluding hydrogens is 286 g/mol. The van der Waals surface area contributed by atoms with Gasteiger partial charge >= 0.3 is 0 Å². The topological polar surface area (TPSA) is 20.3 Å². The molecule has 0 radical (unpaired) electrons. The van der Waals surface area contributed by atoms with Crippen LogP contribution in [0.2, 0.25) is 0 Å². The molecule has 3 rings (SSSR count). The third kappa shape index (κ3) is 2.91. The molecule has 2 aromatic rings. The minimum absolute atomic E-state index is 0.0300. The summed E-state index contributed by atoms with van der Waals surface area (Å²) in [7, 11) is 0. The zero-order valence-electron chi connectivity index (χ0n) is 11.4. The number of benzene rings is 1. The van der Waals surface area contributed by atoms with Crippen LogP contribution in [-0.2, 0) is 17.8 Å². The highest BCUT2D eigenvalue weighted by Gasteiger charge is 2.25. The summed E-state index contributed by atoms with van der Waals surface area (Å²) >= 11 is 3.45. The molecule has 2 nitrogen and oxygen atoms in total. The van der Waals surface area contributed by atoms with E-state index >= 15 is 0 Å². The van der Waals surface area contributed by atoms with Crippen LogP contribution in [-0.4, -0.2) is 22.6 Å². The van der Waals surface area contributed by atoms with Crippen molar-refractivity contribution >= 4 is 29.0 Å². The van der Waals surface area contributed by atoms with E-state index in [4.69, 9.17) is 0 Å².